The second-order valence-electron chi connectivity index (χ2n) is 15.2. The number of ether oxygens (including phenoxy) is 5. The SMILES string of the molecule is CC(C)(C)OC(=O)NCCC(=O)OCCl.CC(C)(C)OC(=O)NCCC(=O)OCOC(=O)/C=C/c1ccc(Cn2ccnc2)cc1.Cl.O=C(O)/C=C/c1ccc(Cn2ccnc2)cc1.O=CO[O-].[2H]CF.[Cs+].[Cs+].[H-]. The first-order valence-electron chi connectivity index (χ1n) is 21.1. The van der Waals surface area contributed by atoms with Crippen molar-refractivity contribution < 1.29 is 217 Å². The van der Waals surface area contributed by atoms with Crippen LogP contribution < -0.4 is 154 Å². The van der Waals surface area contributed by atoms with E-state index < -0.39 is 61.2 Å². The Hall–Kier alpha value is -3.20. The standard InChI is InChI=1S/C22H27N3O6.C13H12N2O2.C9H16ClNO4.CH3F.CH2O3.ClH.2Cs.H/c1-22(2,3)31-21(28)24-11-10-20(27)30-16-29-19(26)9-8-17-4-6-18(7-5-17)14-25-13-12-23-15-25;16-13(17)6-5-11-1-3-12(4-2-11)9-15-8-7-14-10-15;1-9(2,3)15-8(13)11-5-4-7(12)14-6-10;1-2;2-1-4-3;;;;/h4-9,12-13,15H,10-11,14,16H2,1-3H3,(H,24,28);1-8,10H,9H2,(H,16,17);4-6H2,1-3H3,(H,11,13);1H3;1,3H;1H;;;/q;;;;;;2*+1;-1/p-1/b9-8+;6-5+;;;;;;;/i;;;1D;;;;;. The number of aromatic nitrogens is 4. The molecule has 2 heterocycles. The maximum absolute atomic E-state index is 11.7. The van der Waals surface area contributed by atoms with Crippen molar-refractivity contribution in [2.45, 2.75) is 78.7 Å². The van der Waals surface area contributed by atoms with Gasteiger partial charge in [-0.25, -0.2) is 29.1 Å². The summed E-state index contributed by atoms with van der Waals surface area (Å²) < 4.78 is 43.5. The van der Waals surface area contributed by atoms with Gasteiger partial charge in [-0.15, -0.1) is 12.4 Å². The molecule has 0 aliphatic rings. The van der Waals surface area contributed by atoms with E-state index >= 15 is 0 Å². The van der Waals surface area contributed by atoms with E-state index in [1.54, 1.807) is 78.7 Å². The number of rotatable bonds is 18. The summed E-state index contributed by atoms with van der Waals surface area (Å²) in [5.74, 6) is -2.64. The molecule has 0 aliphatic carbocycles. The molecule has 0 saturated carbocycles. The topological polar surface area (TPSA) is 278 Å². The summed E-state index contributed by atoms with van der Waals surface area (Å²) in [5, 5.41) is 21.8. The first-order chi connectivity index (χ1) is 33.1. The largest absolute Gasteiger partial charge is 1.00 e. The van der Waals surface area contributed by atoms with E-state index in [2.05, 4.69) is 30.2 Å². The third kappa shape index (κ3) is 44.3. The van der Waals surface area contributed by atoms with Crippen LogP contribution in [0, 0.1) is 0 Å². The van der Waals surface area contributed by atoms with E-state index in [4.69, 9.17) is 47.1 Å². The molecule has 0 aliphatic heterocycles. The van der Waals surface area contributed by atoms with Gasteiger partial charge in [-0.05, 0) is 75.9 Å². The molecule has 0 fully saturated rings. The van der Waals surface area contributed by atoms with Crippen molar-refractivity contribution in [3.63, 3.8) is 0 Å². The summed E-state index contributed by atoms with van der Waals surface area (Å²) in [5.41, 5.74) is 2.80. The molecule has 2 aromatic heterocycles. The van der Waals surface area contributed by atoms with Crippen molar-refractivity contribution in [1.82, 2.24) is 29.7 Å². The first kappa shape index (κ1) is 73.0. The summed E-state index contributed by atoms with van der Waals surface area (Å²) in [7, 11) is -1.00. The number of halogens is 3. The number of esters is 3. The van der Waals surface area contributed by atoms with Crippen LogP contribution in [0.15, 0.2) is 98.1 Å². The minimum atomic E-state index is -1.00. The number of alkyl carbamates (subject to hydrolysis) is 2. The number of carboxylic acids is 1. The summed E-state index contributed by atoms with van der Waals surface area (Å²) >= 11 is 5.17. The molecule has 0 spiro atoms. The van der Waals surface area contributed by atoms with Crippen LogP contribution in [-0.4, -0.2) is 111 Å². The summed E-state index contributed by atoms with van der Waals surface area (Å²) in [6.07, 6.45) is 15.1. The molecule has 72 heavy (non-hydrogen) atoms. The predicted molar refractivity (Wildman–Crippen MR) is 255 cm³/mol. The van der Waals surface area contributed by atoms with Crippen LogP contribution in [0.1, 0.15) is 79.4 Å². The minimum Gasteiger partial charge on any atom is -1.00 e. The molecule has 0 saturated heterocycles. The number of alkyl halides is 2. The molecule has 26 heteroatoms. The van der Waals surface area contributed by atoms with Crippen molar-refractivity contribution >= 4 is 78.7 Å². The van der Waals surface area contributed by atoms with Gasteiger partial charge in [0.15, 0.2) is 6.07 Å². The van der Waals surface area contributed by atoms with Crippen LogP contribution in [0.25, 0.3) is 12.2 Å². The van der Waals surface area contributed by atoms with Crippen LogP contribution in [0.2, 0.25) is 0 Å². The molecule has 3 N–H and O–H groups in total. The summed E-state index contributed by atoms with van der Waals surface area (Å²) in [4.78, 5) is 86.2. The molecule has 2 aromatic carbocycles. The summed E-state index contributed by atoms with van der Waals surface area (Å²) in [6, 6.07) is 15.2. The van der Waals surface area contributed by atoms with E-state index in [1.807, 2.05) is 70.1 Å². The first-order valence-corrected chi connectivity index (χ1v) is 20.9. The second kappa shape index (κ2) is 45.2. The molecule has 388 valence electrons. The number of hydrogen-bond acceptors (Lipinski definition) is 16. The summed E-state index contributed by atoms with van der Waals surface area (Å²) in [6.45, 7) is 11.5. The average molecular weight is 1290 g/mol. The van der Waals surface area contributed by atoms with Crippen LogP contribution in [0.5, 0.6) is 0 Å². The Balaban J connectivity index is -0.000000315. The van der Waals surface area contributed by atoms with Gasteiger partial charge in [-0.2, -0.15) is 0 Å². The molecule has 21 nitrogen and oxygen atoms in total. The number of benzene rings is 2. The minimum absolute atomic E-state index is 0. The number of carbonyl (C=O) groups excluding carboxylic acids is 6. The van der Waals surface area contributed by atoms with E-state index in [0.29, 0.717) is 6.54 Å². The number of carboxylic acid groups (broad SMARTS) is 1. The van der Waals surface area contributed by atoms with Gasteiger partial charge in [-0.3, -0.25) is 18.8 Å². The van der Waals surface area contributed by atoms with Crippen LogP contribution in [0.4, 0.5) is 14.0 Å². The monoisotopic (exact) mass is 1290 g/mol. The van der Waals surface area contributed by atoms with Gasteiger partial charge in [-0.1, -0.05) is 60.1 Å². The quantitative estimate of drug-likeness (QED) is 0.0175. The fraction of sp³-hybridized carbons (Fsp3) is 0.370. The van der Waals surface area contributed by atoms with Crippen molar-refractivity contribution in [2.75, 3.05) is 33.1 Å². The maximum Gasteiger partial charge on any atom is 1.00 e. The molecule has 0 bridgehead atoms. The number of amides is 2. The Morgan fingerprint density at radius 3 is 1.47 bits per heavy atom. The van der Waals surface area contributed by atoms with Gasteiger partial charge >= 0.3 is 174 Å². The number of imidazole rings is 2. The number of aliphatic carboxylic acids is 1. The molecule has 2 amide bonds. The van der Waals surface area contributed by atoms with E-state index in [0.717, 1.165) is 34.9 Å². The molecule has 0 radical (unpaired) electrons. The zero-order valence-electron chi connectivity index (χ0n) is 43.4. The third-order valence-corrected chi connectivity index (χ3v) is 7.42. The Kier molecular flexibility index (Phi) is 45.9. The normalized spacial score (nSPS) is 10.2. The average Bonchev–Trinajstić information content (AvgIpc) is 4.01. The Bertz CT molecular complexity index is 2190. The zero-order chi connectivity index (χ0) is 52.8. The van der Waals surface area contributed by atoms with Crippen LogP contribution in [-0.2, 0) is 65.6 Å². The smallest absolute Gasteiger partial charge is 1.00 e. The fourth-order valence-electron chi connectivity index (χ4n) is 4.55. The van der Waals surface area contributed by atoms with Gasteiger partial charge in [0.1, 0.15) is 11.2 Å². The molecular formula is C46H61Cl2Cs2FN6O15. The Morgan fingerprint density at radius 1 is 0.750 bits per heavy atom. The fourth-order valence-corrected chi connectivity index (χ4v) is 4.67. The molecule has 4 rings (SSSR count). The van der Waals surface area contributed by atoms with Crippen LogP contribution in [0.3, 0.4) is 0 Å². The number of hydrogen-bond donors (Lipinski definition) is 3. The maximum atomic E-state index is 11.7. The van der Waals surface area contributed by atoms with Gasteiger partial charge in [0.05, 0.1) is 34.0 Å². The molecule has 0 unspecified atom stereocenters. The van der Waals surface area contributed by atoms with Gasteiger partial charge in [0.25, 0.3) is 6.47 Å². The number of nitrogens with zero attached hydrogens (tertiary/aromatic N) is 4. The van der Waals surface area contributed by atoms with Crippen molar-refractivity contribution in [1.29, 1.82) is 0 Å². The Morgan fingerprint density at radius 2 is 1.14 bits per heavy atom. The van der Waals surface area contributed by atoms with Gasteiger partial charge < -0.3 is 60.1 Å². The van der Waals surface area contributed by atoms with E-state index in [1.165, 1.54) is 6.08 Å². The number of nitrogens with one attached hydrogen (secondary N) is 2. The zero-order valence-corrected chi connectivity index (χ0v) is 55.6. The van der Waals surface area contributed by atoms with Gasteiger partial charge in [0, 0.05) is 63.1 Å². The molecule has 4 aromatic rings. The predicted octanol–water partition coefficient (Wildman–Crippen LogP) is 0.136. The number of carbonyl (C=O) groups is 7. The second-order valence-corrected chi connectivity index (χ2v) is 15.4. The van der Waals surface area contributed by atoms with Crippen LogP contribution >= 0.6 is 24.0 Å². The van der Waals surface area contributed by atoms with Crippen molar-refractivity contribution in [3.05, 3.63) is 120 Å². The van der Waals surface area contributed by atoms with Crippen molar-refractivity contribution in [3.8, 4) is 0 Å². The van der Waals surface area contributed by atoms with Gasteiger partial charge in [0.2, 0.25) is 6.79 Å². The van der Waals surface area contributed by atoms with E-state index in [9.17, 15) is 33.2 Å². The molecular weight excluding hydrogens is 1230 g/mol. The van der Waals surface area contributed by atoms with E-state index in [-0.39, 0.29) is 190 Å². The molecule has 0 atom stereocenters. The van der Waals surface area contributed by atoms with Crippen molar-refractivity contribution in [2.24, 2.45) is 0 Å². The third-order valence-electron chi connectivity index (χ3n) is 7.31. The Labute approximate surface area is 549 Å².